The van der Waals surface area contributed by atoms with E-state index in [0.717, 1.165) is 10.0 Å². The Morgan fingerprint density at radius 2 is 1.92 bits per heavy atom. The van der Waals surface area contributed by atoms with Crippen LogP contribution in [0.25, 0.3) is 0 Å². The fourth-order valence-electron chi connectivity index (χ4n) is 1.87. The standard InChI is InChI=1S/C17H15BrClN3O3/c1-25-15-7-2-11(8-14(15)18)10-20-22-17(24)9-16(23)21-13-5-3-12(19)4-6-13/h2-8,10H,9H2,1H3,(H,21,23)(H,22,24). The van der Waals surface area contributed by atoms with E-state index in [0.29, 0.717) is 16.5 Å². The number of rotatable bonds is 6. The van der Waals surface area contributed by atoms with Gasteiger partial charge in [-0.25, -0.2) is 5.43 Å². The summed E-state index contributed by atoms with van der Waals surface area (Å²) in [6, 6.07) is 11.9. The van der Waals surface area contributed by atoms with Crippen molar-refractivity contribution in [3.8, 4) is 5.75 Å². The summed E-state index contributed by atoms with van der Waals surface area (Å²) >= 11 is 9.13. The maximum absolute atomic E-state index is 11.8. The van der Waals surface area contributed by atoms with Crippen molar-refractivity contribution in [2.24, 2.45) is 5.10 Å². The number of nitrogens with one attached hydrogen (secondary N) is 2. The van der Waals surface area contributed by atoms with Crippen molar-refractivity contribution in [3.63, 3.8) is 0 Å². The summed E-state index contributed by atoms with van der Waals surface area (Å²) < 4.78 is 5.90. The van der Waals surface area contributed by atoms with Crippen LogP contribution in [0.4, 0.5) is 5.69 Å². The molecule has 0 aliphatic rings. The number of amides is 2. The first-order valence-electron chi connectivity index (χ1n) is 7.19. The van der Waals surface area contributed by atoms with Gasteiger partial charge in [0.15, 0.2) is 0 Å². The Balaban J connectivity index is 1.82. The van der Waals surface area contributed by atoms with Crippen molar-refractivity contribution in [2.45, 2.75) is 6.42 Å². The highest BCUT2D eigenvalue weighted by Crippen LogP contribution is 2.24. The summed E-state index contributed by atoms with van der Waals surface area (Å²) in [6.45, 7) is 0. The largest absolute Gasteiger partial charge is 0.496 e. The third-order valence-corrected chi connectivity index (χ3v) is 3.90. The second-order valence-corrected chi connectivity index (χ2v) is 6.21. The van der Waals surface area contributed by atoms with Crippen LogP contribution in [-0.2, 0) is 9.59 Å². The number of halogens is 2. The molecule has 0 bridgehead atoms. The van der Waals surface area contributed by atoms with Crippen LogP contribution in [-0.4, -0.2) is 25.1 Å². The second kappa shape index (κ2) is 9.19. The zero-order valence-corrected chi connectivity index (χ0v) is 15.6. The minimum Gasteiger partial charge on any atom is -0.496 e. The number of anilines is 1. The third-order valence-electron chi connectivity index (χ3n) is 3.03. The number of hydrazone groups is 1. The summed E-state index contributed by atoms with van der Waals surface area (Å²) in [5, 5.41) is 6.99. The molecule has 8 heteroatoms. The molecule has 0 aliphatic heterocycles. The van der Waals surface area contributed by atoms with Crippen molar-refractivity contribution in [2.75, 3.05) is 12.4 Å². The summed E-state index contributed by atoms with van der Waals surface area (Å²) in [5.41, 5.74) is 3.63. The number of ether oxygens (including phenoxy) is 1. The molecule has 0 unspecified atom stereocenters. The van der Waals surface area contributed by atoms with Crippen LogP contribution in [0.15, 0.2) is 52.0 Å². The molecular formula is C17H15BrClN3O3. The molecule has 2 rings (SSSR count). The van der Waals surface area contributed by atoms with Gasteiger partial charge < -0.3 is 10.1 Å². The van der Waals surface area contributed by atoms with Gasteiger partial charge in [-0.1, -0.05) is 11.6 Å². The molecule has 0 heterocycles. The molecule has 0 saturated heterocycles. The first-order chi connectivity index (χ1) is 12.0. The molecule has 0 atom stereocenters. The molecule has 130 valence electrons. The topological polar surface area (TPSA) is 79.8 Å². The van der Waals surface area contributed by atoms with Crippen LogP contribution in [0.3, 0.4) is 0 Å². The van der Waals surface area contributed by atoms with E-state index in [2.05, 4.69) is 31.8 Å². The lowest BCUT2D eigenvalue weighted by molar-refractivity contribution is -0.126. The molecule has 6 nitrogen and oxygen atoms in total. The molecule has 0 aliphatic carbocycles. The van der Waals surface area contributed by atoms with Gasteiger partial charge in [-0.2, -0.15) is 5.10 Å². The lowest BCUT2D eigenvalue weighted by Gasteiger charge is -2.05. The van der Waals surface area contributed by atoms with E-state index in [4.69, 9.17) is 16.3 Å². The second-order valence-electron chi connectivity index (χ2n) is 4.92. The fraction of sp³-hybridized carbons (Fsp3) is 0.118. The van der Waals surface area contributed by atoms with Gasteiger partial charge in [-0.05, 0) is 64.0 Å². The van der Waals surface area contributed by atoms with Gasteiger partial charge in [0.2, 0.25) is 11.8 Å². The number of methoxy groups -OCH3 is 1. The zero-order valence-electron chi connectivity index (χ0n) is 13.3. The average molecular weight is 425 g/mol. The number of benzene rings is 2. The number of hydrogen-bond donors (Lipinski definition) is 2. The quantitative estimate of drug-likeness (QED) is 0.422. The van der Waals surface area contributed by atoms with Crippen molar-refractivity contribution >= 4 is 51.2 Å². The van der Waals surface area contributed by atoms with E-state index in [1.807, 2.05) is 0 Å². The smallest absolute Gasteiger partial charge is 0.249 e. The van der Waals surface area contributed by atoms with Gasteiger partial charge >= 0.3 is 0 Å². The molecule has 0 fully saturated rings. The van der Waals surface area contributed by atoms with Crippen LogP contribution in [0.2, 0.25) is 5.02 Å². The summed E-state index contributed by atoms with van der Waals surface area (Å²) in [6.07, 6.45) is 1.13. The van der Waals surface area contributed by atoms with Crippen molar-refractivity contribution in [1.29, 1.82) is 0 Å². The van der Waals surface area contributed by atoms with Crippen LogP contribution in [0.1, 0.15) is 12.0 Å². The minimum atomic E-state index is -0.518. The van der Waals surface area contributed by atoms with Crippen LogP contribution in [0, 0.1) is 0 Å². The highest BCUT2D eigenvalue weighted by Gasteiger charge is 2.09. The van der Waals surface area contributed by atoms with Crippen molar-refractivity contribution in [3.05, 3.63) is 57.5 Å². The molecule has 0 radical (unpaired) electrons. The Bertz CT molecular complexity index is 794. The van der Waals surface area contributed by atoms with E-state index in [1.165, 1.54) is 6.21 Å². The highest BCUT2D eigenvalue weighted by molar-refractivity contribution is 9.10. The Hall–Kier alpha value is -2.38. The molecule has 0 spiro atoms. The van der Waals surface area contributed by atoms with Gasteiger partial charge in [-0.3, -0.25) is 9.59 Å². The Labute approximate surface area is 158 Å². The number of carbonyl (C=O) groups excluding carboxylic acids is 2. The van der Waals surface area contributed by atoms with Gasteiger partial charge in [0, 0.05) is 10.7 Å². The van der Waals surface area contributed by atoms with Gasteiger partial charge in [0.05, 0.1) is 17.8 Å². The number of carbonyl (C=O) groups is 2. The lowest BCUT2D eigenvalue weighted by Crippen LogP contribution is -2.24. The Kier molecular flexibility index (Phi) is 6.97. The number of hydrogen-bond acceptors (Lipinski definition) is 4. The van der Waals surface area contributed by atoms with E-state index >= 15 is 0 Å². The predicted octanol–water partition coefficient (Wildman–Crippen LogP) is 3.59. The average Bonchev–Trinajstić information content (AvgIpc) is 2.57. The molecule has 25 heavy (non-hydrogen) atoms. The first kappa shape index (κ1) is 19.0. The van der Waals surface area contributed by atoms with Gasteiger partial charge in [-0.15, -0.1) is 0 Å². The van der Waals surface area contributed by atoms with Gasteiger partial charge in [0.25, 0.3) is 0 Å². The minimum absolute atomic E-state index is 0.341. The predicted molar refractivity (Wildman–Crippen MR) is 101 cm³/mol. The van der Waals surface area contributed by atoms with E-state index in [1.54, 1.807) is 49.6 Å². The van der Waals surface area contributed by atoms with Crippen LogP contribution in [0.5, 0.6) is 5.75 Å². The van der Waals surface area contributed by atoms with Gasteiger partial charge in [0.1, 0.15) is 12.2 Å². The molecule has 2 aromatic carbocycles. The van der Waals surface area contributed by atoms with Crippen LogP contribution >= 0.6 is 27.5 Å². The summed E-state index contributed by atoms with van der Waals surface area (Å²) in [5.74, 6) is -0.266. The fourth-order valence-corrected chi connectivity index (χ4v) is 2.55. The molecule has 2 amide bonds. The molecule has 0 saturated carbocycles. The molecule has 2 N–H and O–H groups in total. The lowest BCUT2D eigenvalue weighted by atomic mass is 10.2. The van der Waals surface area contributed by atoms with E-state index in [-0.39, 0.29) is 6.42 Å². The first-order valence-corrected chi connectivity index (χ1v) is 8.36. The molecular weight excluding hydrogens is 410 g/mol. The van der Waals surface area contributed by atoms with E-state index in [9.17, 15) is 9.59 Å². The summed E-state index contributed by atoms with van der Waals surface area (Å²) in [4.78, 5) is 23.5. The number of nitrogens with zero attached hydrogens (tertiary/aromatic N) is 1. The Morgan fingerprint density at radius 1 is 1.20 bits per heavy atom. The van der Waals surface area contributed by atoms with Crippen molar-refractivity contribution in [1.82, 2.24) is 5.43 Å². The normalized spacial score (nSPS) is 10.5. The summed E-state index contributed by atoms with van der Waals surface area (Å²) in [7, 11) is 1.57. The zero-order chi connectivity index (χ0) is 18.2. The van der Waals surface area contributed by atoms with E-state index < -0.39 is 11.8 Å². The monoisotopic (exact) mass is 423 g/mol. The highest BCUT2D eigenvalue weighted by atomic mass is 79.9. The SMILES string of the molecule is COc1ccc(C=NNC(=O)CC(=O)Nc2ccc(Cl)cc2)cc1Br. The molecule has 2 aromatic rings. The third kappa shape index (κ3) is 6.21. The van der Waals surface area contributed by atoms with Crippen LogP contribution < -0.4 is 15.5 Å². The maximum Gasteiger partial charge on any atom is 0.249 e. The Morgan fingerprint density at radius 3 is 2.56 bits per heavy atom. The maximum atomic E-state index is 11.8. The van der Waals surface area contributed by atoms with Crippen molar-refractivity contribution < 1.29 is 14.3 Å². The molecule has 0 aromatic heterocycles.